The lowest BCUT2D eigenvalue weighted by molar-refractivity contribution is -0.152. The molecule has 0 aliphatic carbocycles. The maximum atomic E-state index is 12.1. The van der Waals surface area contributed by atoms with E-state index in [0.29, 0.717) is 9.80 Å². The number of hydrogen-bond acceptors (Lipinski definition) is 7. The lowest BCUT2D eigenvalue weighted by atomic mass is 9.90. The van der Waals surface area contributed by atoms with Crippen molar-refractivity contribution in [3.63, 3.8) is 0 Å². The molecule has 2 N–H and O–H groups in total. The first-order valence-electron chi connectivity index (χ1n) is 4.94. The Bertz CT molecular complexity index is 409. The number of barbiturate groups is 1. The number of hydroxylamine groups is 1. The summed E-state index contributed by atoms with van der Waals surface area (Å²) in [4.78, 5) is 41.6. The summed E-state index contributed by atoms with van der Waals surface area (Å²) in [6, 6.07) is -0.791. The average Bonchev–Trinajstić information content (AvgIpc) is 2.36. The van der Waals surface area contributed by atoms with Crippen LogP contribution in [0.15, 0.2) is 5.16 Å². The van der Waals surface area contributed by atoms with Crippen LogP contribution in [0.25, 0.3) is 0 Å². The smallest absolute Gasteiger partial charge is 0.333 e. The quantitative estimate of drug-likeness (QED) is 0.373. The Morgan fingerprint density at radius 2 is 1.72 bits per heavy atom. The number of imide groups is 2. The second kappa shape index (κ2) is 4.70. The van der Waals surface area contributed by atoms with E-state index in [1.807, 2.05) is 0 Å². The number of urea groups is 1. The van der Waals surface area contributed by atoms with Crippen molar-refractivity contribution >= 4 is 23.6 Å². The number of hydrogen-bond donors (Lipinski definition) is 2. The van der Waals surface area contributed by atoms with Crippen LogP contribution >= 0.6 is 0 Å². The highest BCUT2D eigenvalue weighted by Crippen LogP contribution is 2.21. The van der Waals surface area contributed by atoms with Crippen LogP contribution in [0.1, 0.15) is 6.92 Å². The van der Waals surface area contributed by atoms with E-state index in [1.165, 1.54) is 28.1 Å². The Hall–Kier alpha value is -2.00. The summed E-state index contributed by atoms with van der Waals surface area (Å²) in [5.74, 6) is -1.87. The van der Waals surface area contributed by atoms with E-state index in [9.17, 15) is 19.6 Å². The van der Waals surface area contributed by atoms with Crippen molar-refractivity contribution in [2.24, 2.45) is 5.16 Å². The molecule has 0 aromatic rings. The highest BCUT2D eigenvalue weighted by atomic mass is 16.6. The number of carbonyl (C=O) groups is 3. The van der Waals surface area contributed by atoms with E-state index >= 15 is 0 Å². The van der Waals surface area contributed by atoms with Crippen molar-refractivity contribution < 1.29 is 24.4 Å². The van der Waals surface area contributed by atoms with Gasteiger partial charge in [-0.15, -0.1) is 0 Å². The van der Waals surface area contributed by atoms with Gasteiger partial charge in [-0.1, -0.05) is 5.16 Å². The van der Waals surface area contributed by atoms with Gasteiger partial charge >= 0.3 is 6.03 Å². The molecule has 1 rings (SSSR count). The van der Waals surface area contributed by atoms with E-state index in [-0.39, 0.29) is 5.71 Å². The molecular formula is C9H14N4O5. The number of carbonyl (C=O) groups excluding carboxylic acids is 3. The molecule has 0 unspecified atom stereocenters. The SMILES string of the molecule is CON=C(C)C1(NO)C(=O)N(C)C(=O)N(C)C1=O. The lowest BCUT2D eigenvalue weighted by Gasteiger charge is -2.39. The van der Waals surface area contributed by atoms with Gasteiger partial charge in [0.05, 0.1) is 5.71 Å². The zero-order valence-corrected chi connectivity index (χ0v) is 10.4. The molecule has 0 atom stereocenters. The first kappa shape index (κ1) is 14.1. The van der Waals surface area contributed by atoms with Crippen molar-refractivity contribution in [3.8, 4) is 0 Å². The normalized spacial score (nSPS) is 20.5. The first-order chi connectivity index (χ1) is 8.34. The predicted molar refractivity (Wildman–Crippen MR) is 58.7 cm³/mol. The minimum atomic E-state index is -2.15. The Balaban J connectivity index is 3.41. The number of likely N-dealkylation sites (N-methyl/N-ethyl adjacent to an activating group) is 2. The summed E-state index contributed by atoms with van der Waals surface area (Å²) in [5.41, 5.74) is -0.625. The fourth-order valence-corrected chi connectivity index (χ4v) is 1.68. The van der Waals surface area contributed by atoms with Crippen LogP contribution in [0, 0.1) is 0 Å². The lowest BCUT2D eigenvalue weighted by Crippen LogP contribution is -2.75. The van der Waals surface area contributed by atoms with Crippen molar-refractivity contribution in [2.45, 2.75) is 12.5 Å². The topological polar surface area (TPSA) is 112 Å². The number of nitrogens with zero attached hydrogens (tertiary/aromatic N) is 3. The summed E-state index contributed by atoms with van der Waals surface area (Å²) in [6.45, 7) is 1.32. The molecule has 1 aliphatic rings. The van der Waals surface area contributed by atoms with E-state index in [0.717, 1.165) is 0 Å². The molecule has 18 heavy (non-hydrogen) atoms. The minimum Gasteiger partial charge on any atom is -0.399 e. The molecule has 1 heterocycles. The second-order valence-corrected chi connectivity index (χ2v) is 3.73. The Morgan fingerprint density at radius 1 is 1.28 bits per heavy atom. The fraction of sp³-hybridized carbons (Fsp3) is 0.556. The minimum absolute atomic E-state index is 0.117. The van der Waals surface area contributed by atoms with Gasteiger partial charge in [0.15, 0.2) is 0 Å². The van der Waals surface area contributed by atoms with E-state index in [4.69, 9.17) is 0 Å². The predicted octanol–water partition coefficient (Wildman–Crippen LogP) is -1.22. The number of oxime groups is 1. The molecule has 1 aliphatic heterocycles. The zero-order valence-electron chi connectivity index (χ0n) is 10.4. The molecule has 0 saturated carbocycles. The third-order valence-electron chi connectivity index (χ3n) is 2.76. The molecule has 9 nitrogen and oxygen atoms in total. The second-order valence-electron chi connectivity index (χ2n) is 3.73. The van der Waals surface area contributed by atoms with Gasteiger partial charge < -0.3 is 10.0 Å². The molecule has 1 saturated heterocycles. The van der Waals surface area contributed by atoms with Gasteiger partial charge in [-0.25, -0.2) is 4.79 Å². The number of amides is 4. The van der Waals surface area contributed by atoms with Gasteiger partial charge in [-0.3, -0.25) is 19.4 Å². The van der Waals surface area contributed by atoms with Gasteiger partial charge in [0, 0.05) is 14.1 Å². The maximum Gasteiger partial charge on any atom is 0.333 e. The standard InChI is InChI=1S/C9H14N4O5/c1-5(10-18-4)9(11-17)6(14)12(2)8(16)13(3)7(9)15/h11,17H,1-4H3. The number of rotatable bonds is 3. The summed E-state index contributed by atoms with van der Waals surface area (Å²) < 4.78 is 0. The zero-order chi connectivity index (χ0) is 14.1. The third kappa shape index (κ3) is 1.64. The summed E-state index contributed by atoms with van der Waals surface area (Å²) in [7, 11) is 3.62. The highest BCUT2D eigenvalue weighted by Gasteiger charge is 2.58. The van der Waals surface area contributed by atoms with Gasteiger partial charge in [0.1, 0.15) is 7.11 Å². The van der Waals surface area contributed by atoms with E-state index in [2.05, 4.69) is 9.99 Å². The van der Waals surface area contributed by atoms with Crippen molar-refractivity contribution in [2.75, 3.05) is 21.2 Å². The van der Waals surface area contributed by atoms with Crippen LogP contribution in [-0.2, 0) is 14.4 Å². The molecule has 100 valence electrons. The Labute approximate surface area is 103 Å². The Kier molecular flexibility index (Phi) is 3.67. The van der Waals surface area contributed by atoms with Crippen LogP contribution in [0.5, 0.6) is 0 Å². The number of nitrogens with one attached hydrogen (secondary N) is 1. The van der Waals surface area contributed by atoms with Crippen LogP contribution in [0.2, 0.25) is 0 Å². The van der Waals surface area contributed by atoms with Crippen LogP contribution in [0.4, 0.5) is 4.79 Å². The summed E-state index contributed by atoms with van der Waals surface area (Å²) >= 11 is 0. The van der Waals surface area contributed by atoms with Crippen molar-refractivity contribution in [3.05, 3.63) is 0 Å². The third-order valence-corrected chi connectivity index (χ3v) is 2.76. The molecule has 0 aromatic heterocycles. The largest absolute Gasteiger partial charge is 0.399 e. The molecular weight excluding hydrogens is 244 g/mol. The van der Waals surface area contributed by atoms with Gasteiger partial charge in [-0.05, 0) is 6.92 Å². The Morgan fingerprint density at radius 3 is 2.06 bits per heavy atom. The first-order valence-corrected chi connectivity index (χ1v) is 4.94. The van der Waals surface area contributed by atoms with Crippen LogP contribution in [-0.4, -0.2) is 65.3 Å². The maximum absolute atomic E-state index is 12.1. The molecule has 0 radical (unpaired) electrons. The van der Waals surface area contributed by atoms with E-state index < -0.39 is 23.4 Å². The molecule has 0 aromatic carbocycles. The van der Waals surface area contributed by atoms with E-state index in [1.54, 1.807) is 5.48 Å². The monoisotopic (exact) mass is 258 g/mol. The van der Waals surface area contributed by atoms with Gasteiger partial charge in [0.25, 0.3) is 11.8 Å². The van der Waals surface area contributed by atoms with Gasteiger partial charge in [0.2, 0.25) is 5.54 Å². The molecule has 0 spiro atoms. The fourth-order valence-electron chi connectivity index (χ4n) is 1.68. The van der Waals surface area contributed by atoms with Crippen molar-refractivity contribution in [1.82, 2.24) is 15.3 Å². The average molecular weight is 258 g/mol. The molecule has 1 fully saturated rings. The molecule has 9 heteroatoms. The highest BCUT2D eigenvalue weighted by molar-refractivity contribution is 6.35. The molecule has 4 amide bonds. The summed E-state index contributed by atoms with van der Waals surface area (Å²) in [5, 5.41) is 12.7. The van der Waals surface area contributed by atoms with Crippen LogP contribution < -0.4 is 5.48 Å². The van der Waals surface area contributed by atoms with Crippen molar-refractivity contribution in [1.29, 1.82) is 0 Å². The summed E-state index contributed by atoms with van der Waals surface area (Å²) in [6.07, 6.45) is 0. The van der Waals surface area contributed by atoms with Crippen LogP contribution in [0.3, 0.4) is 0 Å². The van der Waals surface area contributed by atoms with Gasteiger partial charge in [-0.2, -0.15) is 5.48 Å². The molecule has 0 bridgehead atoms.